The summed E-state index contributed by atoms with van der Waals surface area (Å²) < 4.78 is 30.5. The predicted octanol–water partition coefficient (Wildman–Crippen LogP) is 9.89. The Balaban J connectivity index is -0.000000164. The van der Waals surface area contributed by atoms with Gasteiger partial charge in [-0.25, -0.2) is 0 Å². The molecule has 66 heavy (non-hydrogen) atoms. The van der Waals surface area contributed by atoms with Crippen molar-refractivity contribution in [3.63, 3.8) is 0 Å². The molecule has 0 spiro atoms. The summed E-state index contributed by atoms with van der Waals surface area (Å²) in [6.45, 7) is 55.6. The van der Waals surface area contributed by atoms with Gasteiger partial charge in [0.1, 0.15) is 51.7 Å². The summed E-state index contributed by atoms with van der Waals surface area (Å²) in [5, 5.41) is 0. The van der Waals surface area contributed by atoms with E-state index in [1.165, 1.54) is 0 Å². The molecule has 0 aliphatic carbocycles. The summed E-state index contributed by atoms with van der Waals surface area (Å²) >= 11 is 0. The second-order valence-electron chi connectivity index (χ2n) is 24.0. The highest BCUT2D eigenvalue weighted by Gasteiger charge is 2.26. The van der Waals surface area contributed by atoms with Gasteiger partial charge in [0, 0.05) is 0 Å². The summed E-state index contributed by atoms with van der Waals surface area (Å²) in [7, 11) is 0. The molecule has 0 bridgehead atoms. The van der Waals surface area contributed by atoms with E-state index in [0.717, 1.165) is 0 Å². The minimum atomic E-state index is -0.510. The van der Waals surface area contributed by atoms with Gasteiger partial charge in [-0.1, -0.05) is 83.1 Å². The standard InChI is InChI=1S/3C9H19NO2.3C8H16O2/c3*1-6(2)7(10)8(11)12-9(3,4)5;3*1-6(2)7(9)10-8(3,4)5/h3*6-7H,10H2,1-5H3;3*6H,1-5H3/t2*7-;;;;/m10..../s1. The van der Waals surface area contributed by atoms with Crippen LogP contribution < -0.4 is 17.2 Å². The Bertz CT molecular complexity index is 1210. The van der Waals surface area contributed by atoms with Crippen molar-refractivity contribution in [1.82, 2.24) is 0 Å². The molecule has 15 nitrogen and oxygen atoms in total. The van der Waals surface area contributed by atoms with E-state index in [2.05, 4.69) is 0 Å². The Hall–Kier alpha value is -3.30. The molecular weight excluding hydrogens is 847 g/mol. The molecule has 15 heteroatoms. The molecule has 0 rings (SSSR count). The number of carbonyl (C=O) groups is 6. The quantitative estimate of drug-likeness (QED) is 0.144. The Morgan fingerprint density at radius 3 is 0.424 bits per heavy atom. The van der Waals surface area contributed by atoms with E-state index in [4.69, 9.17) is 45.6 Å². The van der Waals surface area contributed by atoms with Gasteiger partial charge in [-0.2, -0.15) is 0 Å². The minimum absolute atomic E-state index is 0.0285. The van der Waals surface area contributed by atoms with Crippen LogP contribution in [0.3, 0.4) is 0 Å². The molecule has 0 aliphatic rings. The molecule has 0 heterocycles. The average Bonchev–Trinajstić information content (AvgIpc) is 3.03. The molecule has 0 saturated heterocycles. The van der Waals surface area contributed by atoms with E-state index in [-0.39, 0.29) is 88.1 Å². The summed E-state index contributed by atoms with van der Waals surface area (Å²) in [6, 6.07) is -1.53. The van der Waals surface area contributed by atoms with Gasteiger partial charge in [0.25, 0.3) is 0 Å². The molecule has 0 aliphatic heterocycles. The van der Waals surface area contributed by atoms with Gasteiger partial charge >= 0.3 is 35.8 Å². The van der Waals surface area contributed by atoms with E-state index in [9.17, 15) is 28.8 Å². The van der Waals surface area contributed by atoms with Crippen LogP contribution in [0.4, 0.5) is 0 Å². The van der Waals surface area contributed by atoms with Gasteiger partial charge in [-0.05, 0) is 142 Å². The average molecular weight is 952 g/mol. The molecule has 0 amide bonds. The van der Waals surface area contributed by atoms with Crippen LogP contribution in [0, 0.1) is 35.5 Å². The van der Waals surface area contributed by atoms with E-state index < -0.39 is 34.9 Å². The highest BCUT2D eigenvalue weighted by Crippen LogP contribution is 2.14. The maximum absolute atomic E-state index is 11.3. The Morgan fingerprint density at radius 1 is 0.258 bits per heavy atom. The molecule has 1 unspecified atom stereocenters. The number of ether oxygens (including phenoxy) is 6. The fourth-order valence-electron chi connectivity index (χ4n) is 3.18. The SMILES string of the molecule is CC(C)C(=O)OC(C)(C)C.CC(C)C(=O)OC(C)(C)C.CC(C)C(=O)OC(C)(C)C.CC(C)C(N)C(=O)OC(C)(C)C.CC(C)[C@@H](N)C(=O)OC(C)(C)C.CC(C)[C@H](N)C(=O)OC(C)(C)C. The van der Waals surface area contributed by atoms with Gasteiger partial charge in [-0.15, -0.1) is 0 Å². The third-order valence-corrected chi connectivity index (χ3v) is 6.83. The first-order valence-electron chi connectivity index (χ1n) is 23.3. The second kappa shape index (κ2) is 32.4. The Labute approximate surface area is 404 Å². The molecule has 0 fully saturated rings. The van der Waals surface area contributed by atoms with Crippen LogP contribution in [-0.2, 0) is 57.2 Å². The lowest BCUT2D eigenvalue weighted by molar-refractivity contribution is -0.159. The molecule has 0 aromatic carbocycles. The lowest BCUT2D eigenvalue weighted by atomic mass is 10.1. The van der Waals surface area contributed by atoms with Gasteiger partial charge in [0.2, 0.25) is 0 Å². The van der Waals surface area contributed by atoms with E-state index in [1.807, 2.05) is 208 Å². The smallest absolute Gasteiger partial charge is 0.323 e. The predicted molar refractivity (Wildman–Crippen MR) is 268 cm³/mol. The first-order valence-corrected chi connectivity index (χ1v) is 23.3. The Kier molecular flexibility index (Phi) is 36.5. The summed E-state index contributed by atoms with van der Waals surface area (Å²) in [4.78, 5) is 66.6. The fraction of sp³-hybridized carbons (Fsp3) is 0.882. The van der Waals surface area contributed by atoms with Crippen LogP contribution in [-0.4, -0.2) is 87.5 Å². The van der Waals surface area contributed by atoms with E-state index >= 15 is 0 Å². The van der Waals surface area contributed by atoms with Crippen molar-refractivity contribution >= 4 is 35.8 Å². The van der Waals surface area contributed by atoms with Crippen LogP contribution in [0.1, 0.15) is 208 Å². The van der Waals surface area contributed by atoms with Crippen LogP contribution in [0.5, 0.6) is 0 Å². The van der Waals surface area contributed by atoms with Crippen molar-refractivity contribution in [2.45, 2.75) is 259 Å². The van der Waals surface area contributed by atoms with Crippen molar-refractivity contribution in [2.75, 3.05) is 0 Å². The lowest BCUT2D eigenvalue weighted by Crippen LogP contribution is -2.40. The zero-order chi connectivity index (χ0) is 54.9. The molecule has 0 saturated carbocycles. The number of carbonyl (C=O) groups excluding carboxylic acids is 6. The topological polar surface area (TPSA) is 236 Å². The van der Waals surface area contributed by atoms with E-state index in [1.54, 1.807) is 0 Å². The number of nitrogens with two attached hydrogens (primary N) is 3. The molecule has 0 radical (unpaired) electrons. The van der Waals surface area contributed by atoms with Crippen molar-refractivity contribution in [3.8, 4) is 0 Å². The van der Waals surface area contributed by atoms with Crippen LogP contribution in [0.25, 0.3) is 0 Å². The van der Waals surface area contributed by atoms with Gasteiger partial charge in [-0.3, -0.25) is 28.8 Å². The van der Waals surface area contributed by atoms with Crippen molar-refractivity contribution in [2.24, 2.45) is 52.7 Å². The third-order valence-electron chi connectivity index (χ3n) is 6.83. The van der Waals surface area contributed by atoms with Gasteiger partial charge in [0.15, 0.2) is 0 Å². The molecule has 6 N–H and O–H groups in total. The zero-order valence-electron chi connectivity index (χ0n) is 47.8. The van der Waals surface area contributed by atoms with Gasteiger partial charge in [0.05, 0.1) is 17.8 Å². The highest BCUT2D eigenvalue weighted by molar-refractivity contribution is 5.77. The second-order valence-corrected chi connectivity index (χ2v) is 24.0. The van der Waals surface area contributed by atoms with Crippen LogP contribution in [0.15, 0.2) is 0 Å². The number of hydrogen-bond acceptors (Lipinski definition) is 15. The van der Waals surface area contributed by atoms with E-state index in [0.29, 0.717) is 0 Å². The fourth-order valence-corrected chi connectivity index (χ4v) is 3.18. The van der Waals surface area contributed by atoms with Crippen molar-refractivity contribution in [3.05, 3.63) is 0 Å². The zero-order valence-corrected chi connectivity index (χ0v) is 47.8. The maximum Gasteiger partial charge on any atom is 0.323 e. The summed E-state index contributed by atoms with van der Waals surface area (Å²) in [5.74, 6) is -1.07. The largest absolute Gasteiger partial charge is 0.460 e. The molecule has 396 valence electrons. The monoisotopic (exact) mass is 952 g/mol. The number of esters is 6. The first-order chi connectivity index (χ1) is 28.7. The van der Waals surface area contributed by atoms with Gasteiger partial charge < -0.3 is 45.6 Å². The lowest BCUT2D eigenvalue weighted by Gasteiger charge is -2.23. The van der Waals surface area contributed by atoms with Crippen molar-refractivity contribution < 1.29 is 57.2 Å². The summed E-state index contributed by atoms with van der Waals surface area (Å²) in [6.07, 6.45) is 0. The molecule has 0 aromatic heterocycles. The normalized spacial score (nSPS) is 13.3. The summed E-state index contributed by atoms with van der Waals surface area (Å²) in [5.41, 5.74) is 14.4. The van der Waals surface area contributed by atoms with Crippen LogP contribution in [0.2, 0.25) is 0 Å². The first kappa shape index (κ1) is 74.2. The third kappa shape index (κ3) is 55.0. The Morgan fingerprint density at radius 2 is 0.364 bits per heavy atom. The number of hydrogen-bond donors (Lipinski definition) is 3. The maximum atomic E-state index is 11.3. The molecule has 0 aromatic rings. The minimum Gasteiger partial charge on any atom is -0.460 e. The number of rotatable bonds is 9. The molecular formula is C51H105N3O12. The molecule has 3 atom stereocenters. The van der Waals surface area contributed by atoms with Crippen LogP contribution >= 0.6 is 0 Å². The highest BCUT2D eigenvalue weighted by atomic mass is 16.6. The van der Waals surface area contributed by atoms with Crippen molar-refractivity contribution in [1.29, 1.82) is 0 Å².